The predicted molar refractivity (Wildman–Crippen MR) is 115 cm³/mol. The fourth-order valence-electron chi connectivity index (χ4n) is 3.29. The van der Waals surface area contributed by atoms with Gasteiger partial charge in [0.1, 0.15) is 11.5 Å². The van der Waals surface area contributed by atoms with Crippen LogP contribution in [0.3, 0.4) is 0 Å². The highest BCUT2D eigenvalue weighted by molar-refractivity contribution is 7.92. The van der Waals surface area contributed by atoms with Gasteiger partial charge in [0.2, 0.25) is 0 Å². The monoisotopic (exact) mass is 401 g/mol. The van der Waals surface area contributed by atoms with E-state index < -0.39 is 0 Å². The second-order valence-corrected chi connectivity index (χ2v) is 7.47. The van der Waals surface area contributed by atoms with E-state index in [1.165, 1.54) is 12.2 Å². The Morgan fingerprint density at radius 1 is 1.36 bits per heavy atom. The summed E-state index contributed by atoms with van der Waals surface area (Å²) in [4.78, 5) is 14.9. The minimum absolute atomic E-state index is 0.236. The highest BCUT2D eigenvalue weighted by atomic mass is 32.2. The summed E-state index contributed by atoms with van der Waals surface area (Å²) in [6, 6.07) is 8.34. The van der Waals surface area contributed by atoms with Crippen molar-refractivity contribution in [3.63, 3.8) is 0 Å². The zero-order chi connectivity index (χ0) is 20.1. The molecule has 28 heavy (non-hydrogen) atoms. The summed E-state index contributed by atoms with van der Waals surface area (Å²) in [5.41, 5.74) is 4.08. The first-order valence-corrected chi connectivity index (χ1v) is 10.0. The second-order valence-electron chi connectivity index (χ2n) is 6.52. The summed E-state index contributed by atoms with van der Waals surface area (Å²) in [5.74, 6) is 0.985. The summed E-state index contributed by atoms with van der Waals surface area (Å²) >= 11 is 1.40. The Morgan fingerprint density at radius 2 is 2.14 bits per heavy atom. The van der Waals surface area contributed by atoms with E-state index in [1.54, 1.807) is 14.0 Å². The Balaban J connectivity index is 0.000000706. The van der Waals surface area contributed by atoms with E-state index in [9.17, 15) is 0 Å². The van der Waals surface area contributed by atoms with Gasteiger partial charge < -0.3 is 19.2 Å². The van der Waals surface area contributed by atoms with Crippen LogP contribution in [0.2, 0.25) is 0 Å². The Labute approximate surface area is 170 Å². The number of fused-ring (bicyclic) bond motifs is 1. The minimum Gasteiger partial charge on any atom is -0.397 e. The molecule has 0 spiro atoms. The molecule has 7 nitrogen and oxygen atoms in total. The number of pyridine rings is 2. The lowest BCUT2D eigenvalue weighted by Crippen LogP contribution is -2.33. The van der Waals surface area contributed by atoms with Gasteiger partial charge >= 0.3 is 0 Å². The molecule has 1 saturated heterocycles. The largest absolute Gasteiger partial charge is 0.397 e. The van der Waals surface area contributed by atoms with Crippen molar-refractivity contribution in [2.75, 3.05) is 31.7 Å². The summed E-state index contributed by atoms with van der Waals surface area (Å²) in [5, 5.41) is 8.68. The van der Waals surface area contributed by atoms with Crippen LogP contribution in [0.25, 0.3) is 22.3 Å². The summed E-state index contributed by atoms with van der Waals surface area (Å²) in [6.45, 7) is 8.04. The van der Waals surface area contributed by atoms with Gasteiger partial charge in [-0.2, -0.15) is 0 Å². The minimum atomic E-state index is 0.236. The van der Waals surface area contributed by atoms with E-state index in [1.807, 2.05) is 12.4 Å². The summed E-state index contributed by atoms with van der Waals surface area (Å²) in [6.07, 6.45) is 4.10. The standard InChI is InChI=1S/C18H21N5OS.C2H6O/c1-12-9-14-15(11-20-18(14)19-10-12)16-5-4-6-17(21-16)22-7-8-23(13(22)2)25-24-3;1-2-3/h4-6,9-11,13H,7-8H2,1-3H3,(H,19,20);3H,2H2,1H3. The van der Waals surface area contributed by atoms with Crippen LogP contribution in [0, 0.1) is 6.92 Å². The Bertz CT molecular complexity index is 917. The Kier molecular flexibility index (Phi) is 6.90. The van der Waals surface area contributed by atoms with Gasteiger partial charge in [0.25, 0.3) is 0 Å². The predicted octanol–water partition coefficient (Wildman–Crippen LogP) is 3.61. The second kappa shape index (κ2) is 9.38. The Morgan fingerprint density at radius 3 is 2.89 bits per heavy atom. The maximum absolute atomic E-state index is 7.57. The fourth-order valence-corrected chi connectivity index (χ4v) is 3.88. The van der Waals surface area contributed by atoms with Gasteiger partial charge in [0, 0.05) is 43.0 Å². The van der Waals surface area contributed by atoms with Gasteiger partial charge in [-0.05, 0) is 44.5 Å². The molecule has 1 unspecified atom stereocenters. The van der Waals surface area contributed by atoms with Crippen molar-refractivity contribution in [3.05, 3.63) is 42.2 Å². The van der Waals surface area contributed by atoms with Gasteiger partial charge in [-0.25, -0.2) is 14.3 Å². The number of nitrogens with zero attached hydrogens (tertiary/aromatic N) is 4. The molecule has 0 amide bonds. The maximum Gasteiger partial charge on any atom is 0.137 e. The van der Waals surface area contributed by atoms with Crippen molar-refractivity contribution in [2.45, 2.75) is 26.9 Å². The molecule has 1 atom stereocenters. The molecule has 0 radical (unpaired) electrons. The number of nitrogens with one attached hydrogen (secondary N) is 1. The highest BCUT2D eigenvalue weighted by Gasteiger charge is 2.30. The number of aromatic amines is 1. The molecular formula is C20H27N5O2S. The van der Waals surface area contributed by atoms with Crippen LogP contribution < -0.4 is 4.90 Å². The molecule has 0 saturated carbocycles. The third-order valence-corrected chi connectivity index (χ3v) is 5.40. The average molecular weight is 402 g/mol. The van der Waals surface area contributed by atoms with Crippen molar-refractivity contribution >= 4 is 29.1 Å². The van der Waals surface area contributed by atoms with Gasteiger partial charge in [0.05, 0.1) is 31.2 Å². The van der Waals surface area contributed by atoms with Crippen LogP contribution in [0.1, 0.15) is 19.4 Å². The van der Waals surface area contributed by atoms with Crippen LogP contribution >= 0.6 is 12.2 Å². The lowest BCUT2D eigenvalue weighted by atomic mass is 10.1. The molecule has 4 heterocycles. The van der Waals surface area contributed by atoms with Gasteiger partial charge in [-0.1, -0.05) is 6.07 Å². The SMILES string of the molecule is CCO.COSN1CCN(c2cccc(-c3c[nH]c4ncc(C)cc34)n2)C1C. The highest BCUT2D eigenvalue weighted by Crippen LogP contribution is 2.31. The van der Waals surface area contributed by atoms with Crippen molar-refractivity contribution in [3.8, 4) is 11.3 Å². The van der Waals surface area contributed by atoms with E-state index in [-0.39, 0.29) is 12.8 Å². The van der Waals surface area contributed by atoms with E-state index >= 15 is 0 Å². The average Bonchev–Trinajstić information content (AvgIpc) is 3.26. The van der Waals surface area contributed by atoms with E-state index in [2.05, 4.69) is 57.3 Å². The van der Waals surface area contributed by atoms with Crippen LogP contribution in [-0.2, 0) is 4.18 Å². The molecule has 1 aliphatic heterocycles. The Hall–Kier alpha value is -2.13. The number of aryl methyl sites for hydroxylation is 1. The van der Waals surface area contributed by atoms with Crippen LogP contribution in [0.15, 0.2) is 36.7 Å². The first kappa shape index (κ1) is 20.6. The third-order valence-electron chi connectivity index (χ3n) is 4.57. The molecule has 0 aromatic carbocycles. The maximum atomic E-state index is 7.57. The van der Waals surface area contributed by atoms with Crippen LogP contribution in [-0.4, -0.2) is 57.3 Å². The van der Waals surface area contributed by atoms with Crippen LogP contribution in [0.4, 0.5) is 5.82 Å². The number of rotatable bonds is 4. The van der Waals surface area contributed by atoms with Crippen molar-refractivity contribution in [1.29, 1.82) is 0 Å². The number of hydrogen-bond donors (Lipinski definition) is 2. The quantitative estimate of drug-likeness (QED) is 0.511. The molecular weight excluding hydrogens is 374 g/mol. The lowest BCUT2D eigenvalue weighted by molar-refractivity contribution is 0.318. The summed E-state index contributed by atoms with van der Waals surface area (Å²) < 4.78 is 7.42. The fraction of sp³-hybridized carbons (Fsp3) is 0.400. The molecule has 4 rings (SSSR count). The number of hydrogen-bond acceptors (Lipinski definition) is 7. The molecule has 1 fully saturated rings. The smallest absolute Gasteiger partial charge is 0.137 e. The number of aliphatic hydroxyl groups is 1. The zero-order valence-corrected chi connectivity index (χ0v) is 17.5. The molecule has 8 heteroatoms. The first-order valence-electron chi connectivity index (χ1n) is 9.35. The molecule has 3 aromatic heterocycles. The lowest BCUT2D eigenvalue weighted by Gasteiger charge is -2.26. The zero-order valence-electron chi connectivity index (χ0n) is 16.7. The first-order chi connectivity index (χ1) is 13.6. The van der Waals surface area contributed by atoms with E-state index in [0.717, 1.165) is 46.8 Å². The van der Waals surface area contributed by atoms with Gasteiger partial charge in [-0.15, -0.1) is 0 Å². The normalized spacial score (nSPS) is 17.0. The van der Waals surface area contributed by atoms with Crippen molar-refractivity contribution < 1.29 is 9.29 Å². The molecule has 0 aliphatic carbocycles. The number of aromatic nitrogens is 3. The molecule has 1 aliphatic rings. The number of anilines is 1. The summed E-state index contributed by atoms with van der Waals surface area (Å²) in [7, 11) is 1.70. The number of H-pyrrole nitrogens is 1. The molecule has 3 aromatic rings. The molecule has 150 valence electrons. The van der Waals surface area contributed by atoms with Crippen molar-refractivity contribution in [2.24, 2.45) is 0 Å². The molecule has 0 bridgehead atoms. The topological polar surface area (TPSA) is 77.5 Å². The van der Waals surface area contributed by atoms with E-state index in [4.69, 9.17) is 14.3 Å². The van der Waals surface area contributed by atoms with Gasteiger partial charge in [-0.3, -0.25) is 0 Å². The van der Waals surface area contributed by atoms with Crippen molar-refractivity contribution in [1.82, 2.24) is 19.3 Å². The van der Waals surface area contributed by atoms with Gasteiger partial charge in [0.15, 0.2) is 0 Å². The van der Waals surface area contributed by atoms with E-state index in [0.29, 0.717) is 0 Å². The van der Waals surface area contributed by atoms with Crippen LogP contribution in [0.5, 0.6) is 0 Å². The molecule has 2 N–H and O–H groups in total. The third kappa shape index (κ3) is 4.30. The number of aliphatic hydroxyl groups excluding tert-OH is 1.